The lowest BCUT2D eigenvalue weighted by Gasteiger charge is -2.28. The van der Waals surface area contributed by atoms with Gasteiger partial charge in [0.1, 0.15) is 0 Å². The number of benzene rings is 1. The van der Waals surface area contributed by atoms with Crippen LogP contribution in [0.4, 0.5) is 5.69 Å². The molecule has 1 fully saturated rings. The van der Waals surface area contributed by atoms with Crippen LogP contribution in [0.1, 0.15) is 10.4 Å². The second kappa shape index (κ2) is 4.55. The Bertz CT molecular complexity index is 485. The Kier molecular flexibility index (Phi) is 3.10. The fourth-order valence-electron chi connectivity index (χ4n) is 1.72. The number of nitrogens with zero attached hydrogens (tertiary/aromatic N) is 1. The summed E-state index contributed by atoms with van der Waals surface area (Å²) in [5, 5.41) is 2.63. The Labute approximate surface area is 102 Å². The number of nitrogens with one attached hydrogen (secondary N) is 1. The predicted molar refractivity (Wildman–Crippen MR) is 62.2 cm³/mol. The summed E-state index contributed by atoms with van der Waals surface area (Å²) in [7, 11) is 0. The van der Waals surface area contributed by atoms with Crippen LogP contribution in [0.3, 0.4) is 0 Å². The first kappa shape index (κ1) is 11.6. The molecule has 1 N–H and O–H groups in total. The minimum atomic E-state index is -0.381. The first-order chi connectivity index (χ1) is 8.10. The van der Waals surface area contributed by atoms with Crippen molar-refractivity contribution in [2.24, 2.45) is 0 Å². The lowest BCUT2D eigenvalue weighted by Crippen LogP contribution is -2.51. The summed E-state index contributed by atoms with van der Waals surface area (Å²) in [5.74, 6) is -0.763. The number of piperazine rings is 1. The molecule has 1 aliphatic rings. The van der Waals surface area contributed by atoms with E-state index in [9.17, 15) is 14.4 Å². The van der Waals surface area contributed by atoms with Crippen molar-refractivity contribution in [2.45, 2.75) is 0 Å². The molecule has 0 radical (unpaired) electrons. The van der Waals surface area contributed by atoms with Crippen LogP contribution in [0.5, 0.6) is 0 Å². The predicted octanol–water partition coefficient (Wildman–Crippen LogP) is 0.615. The van der Waals surface area contributed by atoms with Crippen molar-refractivity contribution < 1.29 is 14.4 Å². The minimum absolute atomic E-state index is 0.0498. The third kappa shape index (κ3) is 2.45. The number of hydrogen-bond donors (Lipinski definition) is 1. The first-order valence-corrected chi connectivity index (χ1v) is 5.30. The first-order valence-electron chi connectivity index (χ1n) is 4.92. The Morgan fingerprint density at radius 2 is 1.88 bits per heavy atom. The van der Waals surface area contributed by atoms with E-state index in [-0.39, 0.29) is 24.9 Å². The van der Waals surface area contributed by atoms with Crippen molar-refractivity contribution in [1.29, 1.82) is 0 Å². The van der Waals surface area contributed by atoms with Crippen LogP contribution >= 0.6 is 11.6 Å². The van der Waals surface area contributed by atoms with E-state index in [1.54, 1.807) is 17.0 Å². The standard InChI is InChI=1S/C11H9ClN2O3/c12-8-1-2-9(7(3-8)6-15)14-4-10(16)13-11(17)5-14/h1-3,6H,4-5H2,(H,13,16,17). The normalized spacial score (nSPS) is 15.7. The van der Waals surface area contributed by atoms with E-state index in [4.69, 9.17) is 11.6 Å². The largest absolute Gasteiger partial charge is 0.352 e. The van der Waals surface area contributed by atoms with Crippen LogP contribution in [-0.2, 0) is 9.59 Å². The highest BCUT2D eigenvalue weighted by atomic mass is 35.5. The van der Waals surface area contributed by atoms with Crippen LogP contribution in [0, 0.1) is 0 Å². The summed E-state index contributed by atoms with van der Waals surface area (Å²) in [6, 6.07) is 4.74. The smallest absolute Gasteiger partial charge is 0.246 e. The van der Waals surface area contributed by atoms with Crippen LogP contribution < -0.4 is 10.2 Å². The highest BCUT2D eigenvalue weighted by Gasteiger charge is 2.24. The van der Waals surface area contributed by atoms with Crippen molar-refractivity contribution in [1.82, 2.24) is 5.32 Å². The Balaban J connectivity index is 2.36. The van der Waals surface area contributed by atoms with E-state index in [0.29, 0.717) is 22.6 Å². The topological polar surface area (TPSA) is 66.5 Å². The van der Waals surface area contributed by atoms with Gasteiger partial charge in [0, 0.05) is 16.3 Å². The summed E-state index contributed by atoms with van der Waals surface area (Å²) in [6.07, 6.45) is 0.651. The van der Waals surface area contributed by atoms with E-state index in [1.165, 1.54) is 6.07 Å². The van der Waals surface area contributed by atoms with E-state index >= 15 is 0 Å². The van der Waals surface area contributed by atoms with Crippen LogP contribution in [-0.4, -0.2) is 31.2 Å². The zero-order valence-corrected chi connectivity index (χ0v) is 9.53. The van der Waals surface area contributed by atoms with Crippen LogP contribution in [0.15, 0.2) is 18.2 Å². The molecule has 1 heterocycles. The number of anilines is 1. The molecular weight excluding hydrogens is 244 g/mol. The SMILES string of the molecule is O=Cc1cc(Cl)ccc1N1CC(=O)NC(=O)C1. The van der Waals surface area contributed by atoms with Gasteiger partial charge in [-0.3, -0.25) is 19.7 Å². The maximum absolute atomic E-state index is 11.2. The fourth-order valence-corrected chi connectivity index (χ4v) is 1.90. The molecule has 1 aliphatic heterocycles. The number of halogens is 1. The van der Waals surface area contributed by atoms with Gasteiger partial charge in [0.2, 0.25) is 11.8 Å². The monoisotopic (exact) mass is 252 g/mol. The van der Waals surface area contributed by atoms with Gasteiger partial charge in [-0.15, -0.1) is 0 Å². The van der Waals surface area contributed by atoms with E-state index in [0.717, 1.165) is 0 Å². The maximum Gasteiger partial charge on any atom is 0.246 e. The molecule has 17 heavy (non-hydrogen) atoms. The molecule has 0 saturated carbocycles. The van der Waals surface area contributed by atoms with Gasteiger partial charge < -0.3 is 4.90 Å². The van der Waals surface area contributed by atoms with Crippen molar-refractivity contribution in [3.05, 3.63) is 28.8 Å². The molecule has 5 nitrogen and oxygen atoms in total. The highest BCUT2D eigenvalue weighted by Crippen LogP contribution is 2.23. The molecule has 0 spiro atoms. The lowest BCUT2D eigenvalue weighted by molar-refractivity contribution is -0.130. The number of rotatable bonds is 2. The van der Waals surface area contributed by atoms with Gasteiger partial charge in [-0.05, 0) is 18.2 Å². The van der Waals surface area contributed by atoms with Crippen LogP contribution in [0.2, 0.25) is 5.02 Å². The fraction of sp³-hybridized carbons (Fsp3) is 0.182. The van der Waals surface area contributed by atoms with Crippen molar-refractivity contribution in [3.8, 4) is 0 Å². The maximum atomic E-state index is 11.2. The van der Waals surface area contributed by atoms with Crippen molar-refractivity contribution in [3.63, 3.8) is 0 Å². The number of imide groups is 1. The second-order valence-corrected chi connectivity index (χ2v) is 4.08. The molecule has 6 heteroatoms. The van der Waals surface area contributed by atoms with Gasteiger partial charge in [-0.25, -0.2) is 0 Å². The number of amides is 2. The minimum Gasteiger partial charge on any atom is -0.352 e. The lowest BCUT2D eigenvalue weighted by atomic mass is 10.1. The number of hydrogen-bond acceptors (Lipinski definition) is 4. The van der Waals surface area contributed by atoms with Crippen LogP contribution in [0.25, 0.3) is 0 Å². The Morgan fingerprint density at radius 3 is 2.47 bits per heavy atom. The molecule has 1 aromatic rings. The number of carbonyl (C=O) groups is 3. The van der Waals surface area contributed by atoms with Crippen molar-refractivity contribution in [2.75, 3.05) is 18.0 Å². The van der Waals surface area contributed by atoms with Gasteiger partial charge in [0.15, 0.2) is 6.29 Å². The highest BCUT2D eigenvalue weighted by molar-refractivity contribution is 6.31. The number of aldehydes is 1. The molecule has 1 saturated heterocycles. The Morgan fingerprint density at radius 1 is 1.24 bits per heavy atom. The summed E-state index contributed by atoms with van der Waals surface area (Å²) >= 11 is 5.77. The zero-order chi connectivity index (χ0) is 12.4. The molecule has 0 unspecified atom stereocenters. The average molecular weight is 253 g/mol. The average Bonchev–Trinajstić information content (AvgIpc) is 2.27. The molecule has 0 aromatic heterocycles. The van der Waals surface area contributed by atoms with Gasteiger partial charge in [-0.1, -0.05) is 11.6 Å². The van der Waals surface area contributed by atoms with Gasteiger partial charge >= 0.3 is 0 Å². The van der Waals surface area contributed by atoms with Crippen molar-refractivity contribution >= 4 is 35.4 Å². The quantitative estimate of drug-likeness (QED) is 0.619. The molecular formula is C11H9ClN2O3. The third-order valence-corrected chi connectivity index (χ3v) is 2.64. The molecule has 0 atom stereocenters. The third-order valence-electron chi connectivity index (χ3n) is 2.41. The summed E-state index contributed by atoms with van der Waals surface area (Å²) in [6.45, 7) is 0.0996. The van der Waals surface area contributed by atoms with E-state index < -0.39 is 0 Å². The molecule has 0 aliphatic carbocycles. The molecule has 1 aromatic carbocycles. The molecule has 2 amide bonds. The molecule has 0 bridgehead atoms. The summed E-state index contributed by atoms with van der Waals surface area (Å²) in [4.78, 5) is 34.9. The second-order valence-electron chi connectivity index (χ2n) is 3.65. The molecule has 2 rings (SSSR count). The van der Waals surface area contributed by atoms with E-state index in [1.807, 2.05) is 0 Å². The van der Waals surface area contributed by atoms with Gasteiger partial charge in [0.05, 0.1) is 13.1 Å². The summed E-state index contributed by atoms with van der Waals surface area (Å²) < 4.78 is 0. The number of carbonyl (C=O) groups excluding carboxylic acids is 3. The zero-order valence-electron chi connectivity index (χ0n) is 8.77. The summed E-state index contributed by atoms with van der Waals surface area (Å²) in [5.41, 5.74) is 0.896. The molecule has 88 valence electrons. The van der Waals surface area contributed by atoms with Gasteiger partial charge in [-0.2, -0.15) is 0 Å². The van der Waals surface area contributed by atoms with Gasteiger partial charge in [0.25, 0.3) is 0 Å². The van der Waals surface area contributed by atoms with E-state index in [2.05, 4.69) is 5.32 Å². The Hall–Kier alpha value is -1.88.